The van der Waals surface area contributed by atoms with Gasteiger partial charge in [-0.1, -0.05) is 19.8 Å². The van der Waals surface area contributed by atoms with E-state index in [1.807, 2.05) is 0 Å². The highest BCUT2D eigenvalue weighted by Crippen LogP contribution is 2.36. The highest BCUT2D eigenvalue weighted by Gasteiger charge is 2.30. The number of hydrogen-bond donors (Lipinski definition) is 1. The number of hydrogen-bond acceptors (Lipinski definition) is 2. The summed E-state index contributed by atoms with van der Waals surface area (Å²) in [6, 6.07) is 2.94. The van der Waals surface area contributed by atoms with Crippen molar-refractivity contribution in [1.29, 1.82) is 5.26 Å². The van der Waals surface area contributed by atoms with Crippen molar-refractivity contribution in [3.05, 3.63) is 0 Å². The van der Waals surface area contributed by atoms with Gasteiger partial charge in [-0.3, -0.25) is 0 Å². The summed E-state index contributed by atoms with van der Waals surface area (Å²) in [6.45, 7) is 3.46. The van der Waals surface area contributed by atoms with Gasteiger partial charge in [0.2, 0.25) is 0 Å². The average Bonchev–Trinajstić information content (AvgIpc) is 3.10. The first kappa shape index (κ1) is 11.0. The van der Waals surface area contributed by atoms with Crippen molar-refractivity contribution in [2.45, 2.75) is 51.5 Å². The molecule has 2 fully saturated rings. The molecular formula is C13H22N2. The first-order chi connectivity index (χ1) is 7.31. The van der Waals surface area contributed by atoms with E-state index in [1.54, 1.807) is 0 Å². The van der Waals surface area contributed by atoms with Crippen LogP contribution in [0.5, 0.6) is 0 Å². The first-order valence-electron chi connectivity index (χ1n) is 6.44. The monoisotopic (exact) mass is 206 g/mol. The largest absolute Gasteiger partial charge is 0.312 e. The molecule has 2 rings (SSSR count). The molecule has 2 aliphatic carbocycles. The van der Waals surface area contributed by atoms with E-state index in [0.717, 1.165) is 24.8 Å². The average molecular weight is 206 g/mol. The Morgan fingerprint density at radius 2 is 2.00 bits per heavy atom. The molecule has 0 saturated heterocycles. The first-order valence-corrected chi connectivity index (χ1v) is 6.44. The number of rotatable bonds is 4. The lowest BCUT2D eigenvalue weighted by atomic mass is 9.85. The summed E-state index contributed by atoms with van der Waals surface area (Å²) in [5.74, 6) is 2.05. The van der Waals surface area contributed by atoms with E-state index in [0.29, 0.717) is 6.04 Å². The summed E-state index contributed by atoms with van der Waals surface area (Å²) in [5, 5.41) is 12.7. The van der Waals surface area contributed by atoms with Gasteiger partial charge in [0, 0.05) is 6.04 Å². The maximum absolute atomic E-state index is 9.06. The van der Waals surface area contributed by atoms with Crippen LogP contribution in [-0.2, 0) is 0 Å². The Balaban J connectivity index is 1.74. The molecule has 0 aromatic heterocycles. The second-order valence-corrected chi connectivity index (χ2v) is 5.35. The Bertz CT molecular complexity index is 239. The van der Waals surface area contributed by atoms with Crippen LogP contribution >= 0.6 is 0 Å². The smallest absolute Gasteiger partial charge is 0.0672 e. The topological polar surface area (TPSA) is 35.8 Å². The Morgan fingerprint density at radius 1 is 1.27 bits per heavy atom. The second-order valence-electron chi connectivity index (χ2n) is 5.35. The lowest BCUT2D eigenvalue weighted by Gasteiger charge is -2.28. The highest BCUT2D eigenvalue weighted by molar-refractivity contribution is 4.95. The predicted octanol–water partition coefficient (Wildman–Crippen LogP) is 2.70. The van der Waals surface area contributed by atoms with Crippen LogP contribution in [0.2, 0.25) is 0 Å². The van der Waals surface area contributed by atoms with Crippen molar-refractivity contribution >= 4 is 0 Å². The molecule has 2 heteroatoms. The molecule has 0 aromatic carbocycles. The van der Waals surface area contributed by atoms with Gasteiger partial charge in [0.15, 0.2) is 0 Å². The molecule has 0 aromatic rings. The fourth-order valence-corrected chi connectivity index (χ4v) is 2.70. The quantitative estimate of drug-likeness (QED) is 0.767. The van der Waals surface area contributed by atoms with Crippen molar-refractivity contribution < 1.29 is 0 Å². The zero-order chi connectivity index (χ0) is 10.7. The zero-order valence-corrected chi connectivity index (χ0v) is 9.71. The van der Waals surface area contributed by atoms with Crippen LogP contribution in [0.25, 0.3) is 0 Å². The molecule has 0 radical (unpaired) electrons. The molecule has 84 valence electrons. The van der Waals surface area contributed by atoms with Crippen LogP contribution in [0.1, 0.15) is 45.4 Å². The van der Waals surface area contributed by atoms with E-state index in [4.69, 9.17) is 5.26 Å². The maximum atomic E-state index is 9.06. The fourth-order valence-electron chi connectivity index (χ4n) is 2.70. The SMILES string of the molecule is CC(CNC1CCCCC1C#N)C1CC1. The highest BCUT2D eigenvalue weighted by atomic mass is 14.9. The molecule has 3 atom stereocenters. The minimum absolute atomic E-state index is 0.269. The Hall–Kier alpha value is -0.550. The van der Waals surface area contributed by atoms with Crippen molar-refractivity contribution in [2.24, 2.45) is 17.8 Å². The molecule has 1 N–H and O–H groups in total. The van der Waals surface area contributed by atoms with E-state index in [9.17, 15) is 0 Å². The molecule has 0 spiro atoms. The van der Waals surface area contributed by atoms with Crippen LogP contribution in [0.15, 0.2) is 0 Å². The molecular weight excluding hydrogens is 184 g/mol. The van der Waals surface area contributed by atoms with Crippen LogP contribution in [0.4, 0.5) is 0 Å². The lowest BCUT2D eigenvalue weighted by molar-refractivity contribution is 0.293. The van der Waals surface area contributed by atoms with Gasteiger partial charge >= 0.3 is 0 Å². The van der Waals surface area contributed by atoms with Gasteiger partial charge in [-0.2, -0.15) is 5.26 Å². The molecule has 0 aliphatic heterocycles. The van der Waals surface area contributed by atoms with Gasteiger partial charge in [0.25, 0.3) is 0 Å². The minimum Gasteiger partial charge on any atom is -0.312 e. The van der Waals surface area contributed by atoms with E-state index in [1.165, 1.54) is 32.1 Å². The Labute approximate surface area is 93.0 Å². The van der Waals surface area contributed by atoms with Crippen LogP contribution < -0.4 is 5.32 Å². The molecule has 2 nitrogen and oxygen atoms in total. The van der Waals surface area contributed by atoms with Crippen molar-refractivity contribution in [2.75, 3.05) is 6.54 Å². The number of nitrogens with one attached hydrogen (secondary N) is 1. The summed E-state index contributed by atoms with van der Waals surface area (Å²) in [7, 11) is 0. The molecule has 2 aliphatic rings. The van der Waals surface area contributed by atoms with Gasteiger partial charge in [0.1, 0.15) is 0 Å². The van der Waals surface area contributed by atoms with Crippen molar-refractivity contribution in [3.63, 3.8) is 0 Å². The lowest BCUT2D eigenvalue weighted by Crippen LogP contribution is -2.40. The Kier molecular flexibility index (Phi) is 3.64. The second kappa shape index (κ2) is 4.99. The zero-order valence-electron chi connectivity index (χ0n) is 9.71. The molecule has 2 saturated carbocycles. The number of nitriles is 1. The van der Waals surface area contributed by atoms with Crippen LogP contribution in [0, 0.1) is 29.1 Å². The molecule has 15 heavy (non-hydrogen) atoms. The van der Waals surface area contributed by atoms with Gasteiger partial charge in [-0.15, -0.1) is 0 Å². The van der Waals surface area contributed by atoms with Gasteiger partial charge in [-0.05, 0) is 44.1 Å². The molecule has 0 heterocycles. The summed E-state index contributed by atoms with van der Waals surface area (Å²) in [4.78, 5) is 0. The van der Waals surface area contributed by atoms with E-state index in [2.05, 4.69) is 18.3 Å². The van der Waals surface area contributed by atoms with Gasteiger partial charge in [0.05, 0.1) is 12.0 Å². The van der Waals surface area contributed by atoms with E-state index < -0.39 is 0 Å². The van der Waals surface area contributed by atoms with Crippen molar-refractivity contribution in [3.8, 4) is 6.07 Å². The van der Waals surface area contributed by atoms with Gasteiger partial charge < -0.3 is 5.32 Å². The molecule has 0 amide bonds. The van der Waals surface area contributed by atoms with Crippen LogP contribution in [-0.4, -0.2) is 12.6 Å². The van der Waals surface area contributed by atoms with E-state index in [-0.39, 0.29) is 5.92 Å². The third-order valence-corrected chi connectivity index (χ3v) is 4.06. The number of nitrogens with zero attached hydrogens (tertiary/aromatic N) is 1. The minimum atomic E-state index is 0.269. The van der Waals surface area contributed by atoms with Crippen LogP contribution in [0.3, 0.4) is 0 Å². The molecule has 0 bridgehead atoms. The summed E-state index contributed by atoms with van der Waals surface area (Å²) in [5.41, 5.74) is 0. The van der Waals surface area contributed by atoms with Crippen molar-refractivity contribution in [1.82, 2.24) is 5.32 Å². The third-order valence-electron chi connectivity index (χ3n) is 4.06. The normalized spacial score (nSPS) is 33.3. The van der Waals surface area contributed by atoms with Gasteiger partial charge in [-0.25, -0.2) is 0 Å². The third kappa shape index (κ3) is 2.95. The molecule has 3 unspecified atom stereocenters. The summed E-state index contributed by atoms with van der Waals surface area (Å²) < 4.78 is 0. The fraction of sp³-hybridized carbons (Fsp3) is 0.923. The summed E-state index contributed by atoms with van der Waals surface area (Å²) >= 11 is 0. The van der Waals surface area contributed by atoms with E-state index >= 15 is 0 Å². The summed E-state index contributed by atoms with van der Waals surface area (Å²) in [6.07, 6.45) is 7.70. The maximum Gasteiger partial charge on any atom is 0.0672 e. The standard InChI is InChI=1S/C13H22N2/c1-10(11-6-7-11)9-15-13-5-3-2-4-12(13)8-14/h10-13,15H,2-7,9H2,1H3. The predicted molar refractivity (Wildman–Crippen MR) is 61.2 cm³/mol. The Morgan fingerprint density at radius 3 is 2.67 bits per heavy atom.